The van der Waals surface area contributed by atoms with Crippen LogP contribution in [0.5, 0.6) is 0 Å². The molecule has 1 saturated heterocycles. The minimum absolute atomic E-state index is 0.0352. The molecule has 0 bridgehead atoms. The van der Waals surface area contributed by atoms with Crippen molar-refractivity contribution in [1.82, 2.24) is 4.57 Å². The van der Waals surface area contributed by atoms with Crippen LogP contribution in [0.3, 0.4) is 0 Å². The molecule has 0 aliphatic carbocycles. The fourth-order valence-electron chi connectivity index (χ4n) is 1.60. The summed E-state index contributed by atoms with van der Waals surface area (Å²) in [4.78, 5) is 11.3. The number of nitrogens with zero attached hydrogens (tertiary/aromatic N) is 1. The van der Waals surface area contributed by atoms with Crippen LogP contribution in [0.15, 0.2) is 23.1 Å². The van der Waals surface area contributed by atoms with Crippen LogP contribution in [0, 0.1) is 0 Å². The SMILES string of the molecule is Cn1ccc(C2CCCO2)cc1=O. The molecule has 70 valence electrons. The lowest BCUT2D eigenvalue weighted by Gasteiger charge is -2.09. The van der Waals surface area contributed by atoms with Gasteiger partial charge >= 0.3 is 0 Å². The van der Waals surface area contributed by atoms with Crippen LogP contribution in [-0.2, 0) is 11.8 Å². The van der Waals surface area contributed by atoms with Crippen LogP contribution >= 0.6 is 0 Å². The highest BCUT2D eigenvalue weighted by atomic mass is 16.5. The van der Waals surface area contributed by atoms with E-state index in [1.165, 1.54) is 0 Å². The molecule has 2 heterocycles. The van der Waals surface area contributed by atoms with Crippen molar-refractivity contribution in [1.29, 1.82) is 0 Å². The Balaban J connectivity index is 2.30. The Kier molecular flexibility index (Phi) is 2.19. The first-order chi connectivity index (χ1) is 6.27. The molecular formula is C10H13NO2. The number of ether oxygens (including phenoxy) is 1. The van der Waals surface area contributed by atoms with Gasteiger partial charge in [0.1, 0.15) is 0 Å². The van der Waals surface area contributed by atoms with Crippen LogP contribution in [0.2, 0.25) is 0 Å². The number of rotatable bonds is 1. The van der Waals surface area contributed by atoms with Gasteiger partial charge in [0, 0.05) is 25.9 Å². The van der Waals surface area contributed by atoms with Crippen LogP contribution in [-0.4, -0.2) is 11.2 Å². The average Bonchev–Trinajstić information content (AvgIpc) is 2.62. The van der Waals surface area contributed by atoms with Gasteiger partial charge in [-0.2, -0.15) is 0 Å². The average molecular weight is 179 g/mol. The Bertz CT molecular complexity index is 350. The molecule has 1 aromatic rings. The van der Waals surface area contributed by atoms with Crippen LogP contribution in [0.4, 0.5) is 0 Å². The summed E-state index contributed by atoms with van der Waals surface area (Å²) < 4.78 is 7.05. The molecule has 2 rings (SSSR count). The summed E-state index contributed by atoms with van der Waals surface area (Å²) >= 11 is 0. The largest absolute Gasteiger partial charge is 0.374 e. The summed E-state index contributed by atoms with van der Waals surface area (Å²) in [6.07, 6.45) is 4.07. The van der Waals surface area contributed by atoms with Gasteiger partial charge in [0.05, 0.1) is 6.10 Å². The molecule has 1 unspecified atom stereocenters. The van der Waals surface area contributed by atoms with Crippen molar-refractivity contribution in [3.8, 4) is 0 Å². The number of hydrogen-bond donors (Lipinski definition) is 0. The third kappa shape index (κ3) is 1.65. The summed E-state index contributed by atoms with van der Waals surface area (Å²) in [5.74, 6) is 0. The van der Waals surface area contributed by atoms with E-state index in [1.54, 1.807) is 23.9 Å². The standard InChI is InChI=1S/C10H13NO2/c1-11-5-4-8(7-10(11)12)9-3-2-6-13-9/h4-5,7,9H,2-3,6H2,1H3. The Morgan fingerprint density at radius 1 is 1.62 bits per heavy atom. The molecule has 13 heavy (non-hydrogen) atoms. The molecule has 1 aliphatic rings. The van der Waals surface area contributed by atoms with E-state index in [9.17, 15) is 4.79 Å². The zero-order chi connectivity index (χ0) is 9.26. The fraction of sp³-hybridized carbons (Fsp3) is 0.500. The van der Waals surface area contributed by atoms with Crippen molar-refractivity contribution in [2.24, 2.45) is 7.05 Å². The topological polar surface area (TPSA) is 31.2 Å². The highest BCUT2D eigenvalue weighted by Crippen LogP contribution is 2.26. The zero-order valence-corrected chi connectivity index (χ0v) is 7.69. The maximum Gasteiger partial charge on any atom is 0.250 e. The lowest BCUT2D eigenvalue weighted by Crippen LogP contribution is -2.16. The minimum Gasteiger partial charge on any atom is -0.374 e. The van der Waals surface area contributed by atoms with Crippen molar-refractivity contribution in [2.45, 2.75) is 18.9 Å². The predicted molar refractivity (Wildman–Crippen MR) is 49.6 cm³/mol. The molecule has 1 atom stereocenters. The molecular weight excluding hydrogens is 166 g/mol. The maximum atomic E-state index is 11.3. The lowest BCUT2D eigenvalue weighted by atomic mass is 10.1. The number of pyridine rings is 1. The second kappa shape index (κ2) is 3.34. The zero-order valence-electron chi connectivity index (χ0n) is 7.69. The highest BCUT2D eigenvalue weighted by molar-refractivity contribution is 5.14. The van der Waals surface area contributed by atoms with Crippen LogP contribution < -0.4 is 5.56 Å². The number of aryl methyl sites for hydroxylation is 1. The Hall–Kier alpha value is -1.09. The van der Waals surface area contributed by atoms with Gasteiger partial charge in [0.2, 0.25) is 0 Å². The molecule has 1 fully saturated rings. The van der Waals surface area contributed by atoms with Gasteiger partial charge in [-0.3, -0.25) is 4.79 Å². The Morgan fingerprint density at radius 2 is 2.46 bits per heavy atom. The van der Waals surface area contributed by atoms with Crippen molar-refractivity contribution in [3.63, 3.8) is 0 Å². The van der Waals surface area contributed by atoms with Crippen molar-refractivity contribution >= 4 is 0 Å². The molecule has 0 N–H and O–H groups in total. The van der Waals surface area contributed by atoms with Crippen LogP contribution in [0.25, 0.3) is 0 Å². The molecule has 0 spiro atoms. The number of hydrogen-bond acceptors (Lipinski definition) is 2. The molecule has 3 heteroatoms. The van der Waals surface area contributed by atoms with Gasteiger partial charge in [0.15, 0.2) is 0 Å². The summed E-state index contributed by atoms with van der Waals surface area (Å²) in [6, 6.07) is 3.62. The normalized spacial score (nSPS) is 22.1. The first-order valence-electron chi connectivity index (χ1n) is 4.55. The van der Waals surface area contributed by atoms with E-state index in [4.69, 9.17) is 4.74 Å². The van der Waals surface area contributed by atoms with Crippen LogP contribution in [0.1, 0.15) is 24.5 Å². The van der Waals surface area contributed by atoms with E-state index in [1.807, 2.05) is 6.07 Å². The summed E-state index contributed by atoms with van der Waals surface area (Å²) in [5.41, 5.74) is 1.05. The highest BCUT2D eigenvalue weighted by Gasteiger charge is 2.17. The Morgan fingerprint density at radius 3 is 3.08 bits per heavy atom. The minimum atomic E-state index is 0.0352. The van der Waals surface area contributed by atoms with E-state index < -0.39 is 0 Å². The third-order valence-electron chi connectivity index (χ3n) is 2.43. The van der Waals surface area contributed by atoms with Crippen molar-refractivity contribution < 1.29 is 4.74 Å². The molecule has 0 amide bonds. The van der Waals surface area contributed by atoms with Gasteiger partial charge in [-0.1, -0.05) is 0 Å². The van der Waals surface area contributed by atoms with E-state index in [2.05, 4.69) is 0 Å². The van der Waals surface area contributed by atoms with Gasteiger partial charge in [-0.15, -0.1) is 0 Å². The molecule has 3 nitrogen and oxygen atoms in total. The quantitative estimate of drug-likeness (QED) is 0.649. The molecule has 0 radical (unpaired) electrons. The first kappa shape index (κ1) is 8.51. The van der Waals surface area contributed by atoms with E-state index in [0.29, 0.717) is 0 Å². The number of aromatic nitrogens is 1. The maximum absolute atomic E-state index is 11.3. The summed E-state index contributed by atoms with van der Waals surface area (Å²) in [5, 5.41) is 0. The fourth-order valence-corrected chi connectivity index (χ4v) is 1.60. The van der Waals surface area contributed by atoms with Gasteiger partial charge in [-0.05, 0) is 24.5 Å². The predicted octanol–water partition coefficient (Wildman–Crippen LogP) is 1.24. The lowest BCUT2D eigenvalue weighted by molar-refractivity contribution is 0.112. The van der Waals surface area contributed by atoms with E-state index in [-0.39, 0.29) is 11.7 Å². The first-order valence-corrected chi connectivity index (χ1v) is 4.55. The van der Waals surface area contributed by atoms with Gasteiger partial charge in [0.25, 0.3) is 5.56 Å². The summed E-state index contributed by atoms with van der Waals surface area (Å²) in [6.45, 7) is 0.819. The van der Waals surface area contributed by atoms with Gasteiger partial charge < -0.3 is 9.30 Å². The van der Waals surface area contributed by atoms with E-state index >= 15 is 0 Å². The third-order valence-corrected chi connectivity index (χ3v) is 2.43. The Labute approximate surface area is 77.0 Å². The van der Waals surface area contributed by atoms with Gasteiger partial charge in [-0.25, -0.2) is 0 Å². The van der Waals surface area contributed by atoms with Crippen molar-refractivity contribution in [2.75, 3.05) is 6.61 Å². The second-order valence-corrected chi connectivity index (χ2v) is 3.41. The van der Waals surface area contributed by atoms with Crippen molar-refractivity contribution in [3.05, 3.63) is 34.2 Å². The molecule has 1 aliphatic heterocycles. The monoisotopic (exact) mass is 179 g/mol. The molecule has 0 saturated carbocycles. The van der Waals surface area contributed by atoms with E-state index in [0.717, 1.165) is 25.0 Å². The smallest absolute Gasteiger partial charge is 0.250 e. The molecule has 0 aromatic carbocycles. The summed E-state index contributed by atoms with van der Waals surface area (Å²) in [7, 11) is 1.75. The second-order valence-electron chi connectivity index (χ2n) is 3.41. The molecule has 1 aromatic heterocycles.